The number of piperazine rings is 1. The van der Waals surface area contributed by atoms with E-state index < -0.39 is 22.8 Å². The fourth-order valence-electron chi connectivity index (χ4n) is 3.07. The summed E-state index contributed by atoms with van der Waals surface area (Å²) >= 11 is 12.0. The molecule has 1 aliphatic heterocycles. The predicted molar refractivity (Wildman–Crippen MR) is 95.9 cm³/mol. The summed E-state index contributed by atoms with van der Waals surface area (Å²) in [7, 11) is 1.12. The number of nitrogens with zero attached hydrogens (tertiary/aromatic N) is 4. The van der Waals surface area contributed by atoms with Crippen LogP contribution < -0.4 is 0 Å². The van der Waals surface area contributed by atoms with E-state index in [4.69, 9.17) is 23.2 Å². The number of halogens is 5. The maximum Gasteiger partial charge on any atom is 0.434 e. The van der Waals surface area contributed by atoms with E-state index >= 15 is 0 Å². The van der Waals surface area contributed by atoms with Gasteiger partial charge in [0.05, 0.1) is 0 Å². The lowest BCUT2D eigenvalue weighted by molar-refractivity contribution is -0.143. The molecule has 1 saturated heterocycles. The van der Waals surface area contributed by atoms with Gasteiger partial charge in [-0.25, -0.2) is 0 Å². The van der Waals surface area contributed by atoms with Gasteiger partial charge in [0.2, 0.25) is 0 Å². The summed E-state index contributed by atoms with van der Waals surface area (Å²) in [6, 6.07) is 7.51. The Morgan fingerprint density at radius 2 is 1.78 bits per heavy atom. The summed E-state index contributed by atoms with van der Waals surface area (Å²) in [6.07, 6.45) is -4.68. The standard InChI is InChI=1S/C17H17Cl2F3N4O/c1-24-15(17(20,21)22)13(19)14(23-24)16(27)26-8-6-25(7-9-26)10-11-4-2-3-5-12(11)18/h2-5H,6-10H2,1H3. The topological polar surface area (TPSA) is 41.4 Å². The largest absolute Gasteiger partial charge is 0.434 e. The number of carbonyl (C=O) groups is 1. The zero-order valence-corrected chi connectivity index (χ0v) is 15.9. The molecule has 1 aliphatic rings. The van der Waals surface area contributed by atoms with E-state index in [2.05, 4.69) is 10.00 Å². The molecule has 5 nitrogen and oxygen atoms in total. The van der Waals surface area contributed by atoms with Crippen molar-refractivity contribution in [2.75, 3.05) is 26.2 Å². The van der Waals surface area contributed by atoms with Crippen molar-refractivity contribution >= 4 is 29.1 Å². The normalized spacial score (nSPS) is 16.0. The Morgan fingerprint density at radius 1 is 1.15 bits per heavy atom. The molecule has 1 aromatic heterocycles. The van der Waals surface area contributed by atoms with Gasteiger partial charge in [0.25, 0.3) is 5.91 Å². The predicted octanol–water partition coefficient (Wildman–Crippen LogP) is 3.70. The van der Waals surface area contributed by atoms with Gasteiger partial charge < -0.3 is 4.90 Å². The lowest BCUT2D eigenvalue weighted by Gasteiger charge is -2.34. The second-order valence-electron chi connectivity index (χ2n) is 6.29. The Morgan fingerprint density at radius 3 is 2.33 bits per heavy atom. The van der Waals surface area contributed by atoms with Crippen LogP contribution in [0.1, 0.15) is 21.7 Å². The molecule has 1 amide bonds. The van der Waals surface area contributed by atoms with Crippen LogP contribution in [0.25, 0.3) is 0 Å². The molecule has 1 fully saturated rings. The first-order valence-electron chi connectivity index (χ1n) is 8.23. The first kappa shape index (κ1) is 20.0. The summed E-state index contributed by atoms with van der Waals surface area (Å²) in [6.45, 7) is 2.54. The fraction of sp³-hybridized carbons (Fsp3) is 0.412. The lowest BCUT2D eigenvalue weighted by atomic mass is 10.2. The number of benzene rings is 1. The smallest absolute Gasteiger partial charge is 0.335 e. The van der Waals surface area contributed by atoms with Crippen LogP contribution in [0.4, 0.5) is 13.2 Å². The monoisotopic (exact) mass is 420 g/mol. The molecule has 0 aliphatic carbocycles. The van der Waals surface area contributed by atoms with Gasteiger partial charge in [-0.05, 0) is 11.6 Å². The third kappa shape index (κ3) is 4.23. The van der Waals surface area contributed by atoms with Crippen LogP contribution in [0.2, 0.25) is 10.0 Å². The van der Waals surface area contributed by atoms with E-state index in [1.807, 2.05) is 24.3 Å². The van der Waals surface area contributed by atoms with Crippen LogP contribution in [-0.2, 0) is 19.8 Å². The van der Waals surface area contributed by atoms with Crippen molar-refractivity contribution in [2.24, 2.45) is 7.05 Å². The van der Waals surface area contributed by atoms with Crippen molar-refractivity contribution in [1.82, 2.24) is 19.6 Å². The number of aromatic nitrogens is 2. The molecule has 10 heteroatoms. The minimum atomic E-state index is -4.68. The number of carbonyl (C=O) groups excluding carboxylic acids is 1. The molecule has 0 atom stereocenters. The van der Waals surface area contributed by atoms with Gasteiger partial charge in [-0.15, -0.1) is 0 Å². The molecule has 0 bridgehead atoms. The van der Waals surface area contributed by atoms with Crippen LogP contribution >= 0.6 is 23.2 Å². The SMILES string of the molecule is Cn1nc(C(=O)N2CCN(Cc3ccccc3Cl)CC2)c(Cl)c1C(F)(F)F. The maximum absolute atomic E-state index is 13.0. The van der Waals surface area contributed by atoms with Gasteiger partial charge in [0, 0.05) is 44.8 Å². The van der Waals surface area contributed by atoms with Crippen molar-refractivity contribution in [3.8, 4) is 0 Å². The van der Waals surface area contributed by atoms with Crippen molar-refractivity contribution in [1.29, 1.82) is 0 Å². The Bertz CT molecular complexity index is 845. The molecule has 0 unspecified atom stereocenters. The number of rotatable bonds is 3. The highest BCUT2D eigenvalue weighted by molar-refractivity contribution is 6.34. The average Bonchev–Trinajstić information content (AvgIpc) is 2.91. The van der Waals surface area contributed by atoms with Gasteiger partial charge in [-0.2, -0.15) is 18.3 Å². The van der Waals surface area contributed by atoms with Crippen molar-refractivity contribution < 1.29 is 18.0 Å². The van der Waals surface area contributed by atoms with Gasteiger partial charge >= 0.3 is 6.18 Å². The van der Waals surface area contributed by atoms with E-state index in [9.17, 15) is 18.0 Å². The molecule has 27 heavy (non-hydrogen) atoms. The molecule has 3 rings (SSSR count). The molecule has 146 valence electrons. The van der Waals surface area contributed by atoms with Gasteiger partial charge in [0.1, 0.15) is 5.02 Å². The zero-order chi connectivity index (χ0) is 19.8. The molecule has 2 aromatic rings. The molecule has 0 saturated carbocycles. The van der Waals surface area contributed by atoms with Crippen molar-refractivity contribution in [2.45, 2.75) is 12.7 Å². The van der Waals surface area contributed by atoms with E-state index in [1.54, 1.807) is 0 Å². The quantitative estimate of drug-likeness (QED) is 0.759. The van der Waals surface area contributed by atoms with E-state index in [0.717, 1.165) is 12.6 Å². The first-order chi connectivity index (χ1) is 12.7. The van der Waals surface area contributed by atoms with Gasteiger partial charge in [-0.1, -0.05) is 41.4 Å². The van der Waals surface area contributed by atoms with Crippen LogP contribution in [0.3, 0.4) is 0 Å². The van der Waals surface area contributed by atoms with Crippen molar-refractivity contribution in [3.63, 3.8) is 0 Å². The number of hydrogen-bond acceptors (Lipinski definition) is 3. The Balaban J connectivity index is 1.66. The third-order valence-corrected chi connectivity index (χ3v) is 5.20. The number of aryl methyl sites for hydroxylation is 1. The summed E-state index contributed by atoms with van der Waals surface area (Å²) in [4.78, 5) is 16.2. The highest BCUT2D eigenvalue weighted by Gasteiger charge is 2.40. The second-order valence-corrected chi connectivity index (χ2v) is 7.08. The van der Waals surface area contributed by atoms with Crippen LogP contribution in [0, 0.1) is 0 Å². The van der Waals surface area contributed by atoms with Crippen LogP contribution in [0.5, 0.6) is 0 Å². The minimum absolute atomic E-state index is 0.369. The highest BCUT2D eigenvalue weighted by atomic mass is 35.5. The second kappa shape index (κ2) is 7.69. The van der Waals surface area contributed by atoms with Crippen LogP contribution in [0.15, 0.2) is 24.3 Å². The van der Waals surface area contributed by atoms with Crippen LogP contribution in [-0.4, -0.2) is 51.7 Å². The highest BCUT2D eigenvalue weighted by Crippen LogP contribution is 2.36. The lowest BCUT2D eigenvalue weighted by Crippen LogP contribution is -2.48. The van der Waals surface area contributed by atoms with E-state index in [1.165, 1.54) is 4.90 Å². The average molecular weight is 421 g/mol. The maximum atomic E-state index is 13.0. The fourth-order valence-corrected chi connectivity index (χ4v) is 3.61. The van der Waals surface area contributed by atoms with Gasteiger partial charge in [0.15, 0.2) is 11.4 Å². The van der Waals surface area contributed by atoms with E-state index in [0.29, 0.717) is 42.4 Å². The summed E-state index contributed by atoms with van der Waals surface area (Å²) in [5.74, 6) is -0.594. The molecule has 0 N–H and O–H groups in total. The Hall–Kier alpha value is -1.77. The number of amides is 1. The van der Waals surface area contributed by atoms with Gasteiger partial charge in [-0.3, -0.25) is 14.4 Å². The van der Waals surface area contributed by atoms with E-state index in [-0.39, 0.29) is 5.69 Å². The Kier molecular flexibility index (Phi) is 5.69. The first-order valence-corrected chi connectivity index (χ1v) is 8.99. The molecular weight excluding hydrogens is 404 g/mol. The molecule has 0 radical (unpaired) electrons. The molecule has 2 heterocycles. The van der Waals surface area contributed by atoms with Crippen molar-refractivity contribution in [3.05, 3.63) is 51.3 Å². The summed E-state index contributed by atoms with van der Waals surface area (Å²) < 4.78 is 39.7. The minimum Gasteiger partial charge on any atom is -0.335 e. The third-order valence-electron chi connectivity index (χ3n) is 4.47. The molecule has 1 aromatic carbocycles. The number of alkyl halides is 3. The number of hydrogen-bond donors (Lipinski definition) is 0. The molecular formula is C17H17Cl2F3N4O. The zero-order valence-electron chi connectivity index (χ0n) is 14.4. The molecule has 0 spiro atoms. The summed E-state index contributed by atoms with van der Waals surface area (Å²) in [5.41, 5.74) is -0.502. The Labute approximate surface area is 164 Å². The summed E-state index contributed by atoms with van der Waals surface area (Å²) in [5, 5.41) is 3.71.